The van der Waals surface area contributed by atoms with E-state index in [4.69, 9.17) is 0 Å². The molecule has 2 nitrogen and oxygen atoms in total. The molecule has 0 aromatic heterocycles. The molecule has 0 aliphatic heterocycles. The third-order valence-corrected chi connectivity index (χ3v) is 2.60. The first-order chi connectivity index (χ1) is 6.84. The first-order valence-corrected chi connectivity index (χ1v) is 5.12. The quantitative estimate of drug-likeness (QED) is 0.713. The number of carbonyl (C=O) groups is 1. The summed E-state index contributed by atoms with van der Waals surface area (Å²) in [5.41, 5.74) is 1.06. The lowest BCUT2D eigenvalue weighted by molar-refractivity contribution is -0.122. The standard InChI is InChI=1S/C12H14NO/c14-12(13-11-7-4-8-11)9-10-5-2-1-3-6-10/h1-3,5-6,11H,4,7-9H2. The Kier molecular flexibility index (Phi) is 2.82. The fraction of sp³-hybridized carbons (Fsp3) is 0.417. The SMILES string of the molecule is O=C(Cc1ccccc1)[N]C1CCC1. The maximum Gasteiger partial charge on any atom is 0.245 e. The Morgan fingerprint density at radius 3 is 2.57 bits per heavy atom. The van der Waals surface area contributed by atoms with Gasteiger partial charge in [-0.3, -0.25) is 4.79 Å². The van der Waals surface area contributed by atoms with E-state index in [1.54, 1.807) is 0 Å². The van der Waals surface area contributed by atoms with Crippen molar-refractivity contribution in [1.29, 1.82) is 0 Å². The van der Waals surface area contributed by atoms with E-state index in [-0.39, 0.29) is 5.91 Å². The lowest BCUT2D eigenvalue weighted by Gasteiger charge is -2.23. The summed E-state index contributed by atoms with van der Waals surface area (Å²) < 4.78 is 0. The molecule has 1 fully saturated rings. The molecule has 0 heterocycles. The maximum absolute atomic E-state index is 11.4. The van der Waals surface area contributed by atoms with Crippen LogP contribution < -0.4 is 5.32 Å². The van der Waals surface area contributed by atoms with Crippen molar-refractivity contribution in [3.8, 4) is 0 Å². The van der Waals surface area contributed by atoms with Gasteiger partial charge in [-0.15, -0.1) is 0 Å². The molecule has 0 N–H and O–H groups in total. The second-order valence-electron chi connectivity index (χ2n) is 3.77. The van der Waals surface area contributed by atoms with Crippen molar-refractivity contribution in [1.82, 2.24) is 5.32 Å². The fourth-order valence-electron chi connectivity index (χ4n) is 1.54. The minimum atomic E-state index is 0.0286. The van der Waals surface area contributed by atoms with Crippen molar-refractivity contribution in [2.24, 2.45) is 0 Å². The van der Waals surface area contributed by atoms with Crippen molar-refractivity contribution < 1.29 is 4.79 Å². The highest BCUT2D eigenvalue weighted by Crippen LogP contribution is 2.19. The summed E-state index contributed by atoms with van der Waals surface area (Å²) in [7, 11) is 0. The van der Waals surface area contributed by atoms with Gasteiger partial charge >= 0.3 is 0 Å². The zero-order valence-corrected chi connectivity index (χ0v) is 8.15. The molecule has 1 aromatic carbocycles. The number of rotatable bonds is 3. The van der Waals surface area contributed by atoms with E-state index >= 15 is 0 Å². The average Bonchev–Trinajstić information content (AvgIpc) is 2.13. The minimum Gasteiger partial charge on any atom is -0.273 e. The van der Waals surface area contributed by atoms with Crippen molar-refractivity contribution in [2.75, 3.05) is 0 Å². The maximum atomic E-state index is 11.4. The summed E-state index contributed by atoms with van der Waals surface area (Å²) in [4.78, 5) is 11.4. The van der Waals surface area contributed by atoms with E-state index < -0.39 is 0 Å². The predicted molar refractivity (Wildman–Crippen MR) is 54.9 cm³/mol. The smallest absolute Gasteiger partial charge is 0.245 e. The van der Waals surface area contributed by atoms with Crippen LogP contribution in [-0.4, -0.2) is 11.9 Å². The molecule has 0 bridgehead atoms. The normalized spacial score (nSPS) is 16.0. The van der Waals surface area contributed by atoms with Gasteiger partial charge in [0.2, 0.25) is 5.91 Å². The molecule has 73 valence electrons. The molecule has 14 heavy (non-hydrogen) atoms. The summed E-state index contributed by atoms with van der Waals surface area (Å²) in [6.07, 6.45) is 3.88. The Balaban J connectivity index is 1.82. The highest BCUT2D eigenvalue weighted by Gasteiger charge is 2.21. The molecule has 1 amide bonds. The van der Waals surface area contributed by atoms with Crippen LogP contribution in [-0.2, 0) is 11.2 Å². The van der Waals surface area contributed by atoms with E-state index in [2.05, 4.69) is 5.32 Å². The third-order valence-electron chi connectivity index (χ3n) is 2.60. The topological polar surface area (TPSA) is 31.2 Å². The van der Waals surface area contributed by atoms with Gasteiger partial charge in [0.25, 0.3) is 0 Å². The Morgan fingerprint density at radius 2 is 2.00 bits per heavy atom. The number of benzene rings is 1. The largest absolute Gasteiger partial charge is 0.273 e. The molecule has 0 spiro atoms. The van der Waals surface area contributed by atoms with E-state index in [0.717, 1.165) is 18.4 Å². The summed E-state index contributed by atoms with van der Waals surface area (Å²) >= 11 is 0. The second-order valence-corrected chi connectivity index (χ2v) is 3.77. The summed E-state index contributed by atoms with van der Waals surface area (Å²) in [5, 5.41) is 4.14. The zero-order valence-electron chi connectivity index (χ0n) is 8.15. The van der Waals surface area contributed by atoms with Gasteiger partial charge < -0.3 is 0 Å². The average molecular weight is 188 g/mol. The Bertz CT molecular complexity index is 303. The predicted octanol–water partition coefficient (Wildman–Crippen LogP) is 1.91. The van der Waals surface area contributed by atoms with Gasteiger partial charge in [-0.25, -0.2) is 5.32 Å². The van der Waals surface area contributed by atoms with Crippen LogP contribution in [0.5, 0.6) is 0 Å². The molecule has 0 unspecified atom stereocenters. The number of nitrogens with zero attached hydrogens (tertiary/aromatic N) is 1. The fourth-order valence-corrected chi connectivity index (χ4v) is 1.54. The second kappa shape index (κ2) is 4.27. The molecule has 2 rings (SSSR count). The van der Waals surface area contributed by atoms with E-state index in [0.29, 0.717) is 12.5 Å². The Labute approximate surface area is 84.3 Å². The Morgan fingerprint density at radius 1 is 1.29 bits per heavy atom. The van der Waals surface area contributed by atoms with Crippen LogP contribution >= 0.6 is 0 Å². The molecule has 2 heteroatoms. The van der Waals surface area contributed by atoms with Crippen LogP contribution in [0.3, 0.4) is 0 Å². The highest BCUT2D eigenvalue weighted by molar-refractivity contribution is 5.78. The monoisotopic (exact) mass is 188 g/mol. The van der Waals surface area contributed by atoms with E-state index in [1.807, 2.05) is 30.3 Å². The van der Waals surface area contributed by atoms with E-state index in [9.17, 15) is 4.79 Å². The molecule has 1 radical (unpaired) electrons. The molecule has 0 saturated heterocycles. The molecule has 1 aliphatic carbocycles. The lowest BCUT2D eigenvalue weighted by atomic mass is 9.93. The lowest BCUT2D eigenvalue weighted by Crippen LogP contribution is -2.34. The third kappa shape index (κ3) is 2.34. The van der Waals surface area contributed by atoms with Gasteiger partial charge in [-0.1, -0.05) is 30.3 Å². The van der Waals surface area contributed by atoms with Gasteiger partial charge in [0.1, 0.15) is 0 Å². The zero-order chi connectivity index (χ0) is 9.80. The van der Waals surface area contributed by atoms with Crippen LogP contribution in [0.1, 0.15) is 24.8 Å². The van der Waals surface area contributed by atoms with Gasteiger partial charge in [0, 0.05) is 0 Å². The van der Waals surface area contributed by atoms with Crippen LogP contribution in [0, 0.1) is 0 Å². The minimum absolute atomic E-state index is 0.0286. The van der Waals surface area contributed by atoms with Crippen LogP contribution in [0.2, 0.25) is 0 Å². The van der Waals surface area contributed by atoms with E-state index in [1.165, 1.54) is 6.42 Å². The van der Waals surface area contributed by atoms with Gasteiger partial charge in [0.05, 0.1) is 12.5 Å². The van der Waals surface area contributed by atoms with Gasteiger partial charge in [-0.05, 0) is 24.8 Å². The summed E-state index contributed by atoms with van der Waals surface area (Å²) in [5.74, 6) is 0.0286. The number of hydrogen-bond acceptors (Lipinski definition) is 1. The van der Waals surface area contributed by atoms with Crippen LogP contribution in [0.25, 0.3) is 0 Å². The molecular weight excluding hydrogens is 174 g/mol. The first kappa shape index (κ1) is 9.25. The summed E-state index contributed by atoms with van der Waals surface area (Å²) in [6.45, 7) is 0. The van der Waals surface area contributed by atoms with Crippen molar-refractivity contribution in [2.45, 2.75) is 31.7 Å². The Hall–Kier alpha value is -1.31. The van der Waals surface area contributed by atoms with Crippen molar-refractivity contribution >= 4 is 5.91 Å². The van der Waals surface area contributed by atoms with Gasteiger partial charge in [-0.2, -0.15) is 0 Å². The highest BCUT2D eigenvalue weighted by atomic mass is 16.1. The summed E-state index contributed by atoms with van der Waals surface area (Å²) in [6, 6.07) is 10.1. The van der Waals surface area contributed by atoms with Crippen molar-refractivity contribution in [3.63, 3.8) is 0 Å². The first-order valence-electron chi connectivity index (χ1n) is 5.12. The number of amides is 1. The van der Waals surface area contributed by atoms with Crippen LogP contribution in [0.4, 0.5) is 0 Å². The molecule has 1 aliphatic rings. The van der Waals surface area contributed by atoms with Gasteiger partial charge in [0.15, 0.2) is 0 Å². The molecule has 1 saturated carbocycles. The van der Waals surface area contributed by atoms with Crippen molar-refractivity contribution in [3.05, 3.63) is 35.9 Å². The molecule has 1 aromatic rings. The molecule has 0 atom stereocenters. The number of carbonyl (C=O) groups excluding carboxylic acids is 1. The van der Waals surface area contributed by atoms with Crippen LogP contribution in [0.15, 0.2) is 30.3 Å². The number of hydrogen-bond donors (Lipinski definition) is 0. The molecular formula is C12H14NO.